The van der Waals surface area contributed by atoms with E-state index in [1.807, 2.05) is 0 Å². The fraction of sp³-hybridized carbons (Fsp3) is 0.692. The van der Waals surface area contributed by atoms with Gasteiger partial charge in [0, 0.05) is 19.1 Å². The molecular weight excluding hydrogens is 244 g/mol. The van der Waals surface area contributed by atoms with Gasteiger partial charge in [0.25, 0.3) is 0 Å². The zero-order valence-electron chi connectivity index (χ0n) is 11.2. The molecule has 1 fully saturated rings. The van der Waals surface area contributed by atoms with Crippen molar-refractivity contribution in [1.82, 2.24) is 9.97 Å². The van der Waals surface area contributed by atoms with Crippen molar-refractivity contribution in [3.05, 3.63) is 17.1 Å². The van der Waals surface area contributed by atoms with Gasteiger partial charge in [-0.05, 0) is 25.7 Å². The highest BCUT2D eigenvalue weighted by molar-refractivity contribution is 5.46. The zero-order chi connectivity index (χ0) is 13.3. The van der Waals surface area contributed by atoms with E-state index in [0.29, 0.717) is 19.0 Å². The van der Waals surface area contributed by atoms with Gasteiger partial charge in [-0.15, -0.1) is 0 Å². The van der Waals surface area contributed by atoms with E-state index >= 15 is 0 Å². The molecule has 6 heteroatoms. The smallest absolute Gasteiger partial charge is 0.162 e. The number of nitrogens with zero attached hydrogens (tertiary/aromatic N) is 2. The van der Waals surface area contributed by atoms with Crippen molar-refractivity contribution in [3.63, 3.8) is 0 Å². The number of nitrogens with two attached hydrogens (primary N) is 1. The summed E-state index contributed by atoms with van der Waals surface area (Å²) in [6.07, 6.45) is 5.07. The van der Waals surface area contributed by atoms with Crippen molar-refractivity contribution >= 4 is 5.82 Å². The standard InChI is InChI=1S/C13H20N4O2/c1-18-13(5-2-3-6-13)12-15-10-4-7-19-8-9(10)11(16-12)17-14/h2-8,14H2,1H3,(H,15,16,17). The molecule has 0 radical (unpaired) electrons. The largest absolute Gasteiger partial charge is 0.376 e. The number of hydrazine groups is 1. The first-order valence-corrected chi connectivity index (χ1v) is 6.79. The van der Waals surface area contributed by atoms with Gasteiger partial charge in [0.1, 0.15) is 11.4 Å². The van der Waals surface area contributed by atoms with E-state index in [0.717, 1.165) is 49.2 Å². The Labute approximate surface area is 112 Å². The third kappa shape index (κ3) is 2.09. The van der Waals surface area contributed by atoms with Gasteiger partial charge >= 0.3 is 0 Å². The number of aromatic nitrogens is 2. The second-order valence-electron chi connectivity index (χ2n) is 5.17. The Morgan fingerprint density at radius 2 is 2.11 bits per heavy atom. The van der Waals surface area contributed by atoms with E-state index in [1.54, 1.807) is 7.11 Å². The van der Waals surface area contributed by atoms with Crippen LogP contribution in [0.2, 0.25) is 0 Å². The molecular formula is C13H20N4O2. The number of rotatable bonds is 3. The molecule has 1 saturated carbocycles. The Morgan fingerprint density at radius 3 is 2.79 bits per heavy atom. The summed E-state index contributed by atoms with van der Waals surface area (Å²) >= 11 is 0. The summed E-state index contributed by atoms with van der Waals surface area (Å²) in [6, 6.07) is 0. The van der Waals surface area contributed by atoms with Gasteiger partial charge in [0.15, 0.2) is 5.82 Å². The molecule has 0 aromatic carbocycles. The van der Waals surface area contributed by atoms with Gasteiger partial charge in [-0.1, -0.05) is 0 Å². The van der Waals surface area contributed by atoms with Crippen LogP contribution >= 0.6 is 0 Å². The second kappa shape index (κ2) is 5.03. The molecule has 1 aliphatic carbocycles. The Hall–Kier alpha value is -1.24. The first-order chi connectivity index (χ1) is 9.29. The first-order valence-electron chi connectivity index (χ1n) is 6.79. The van der Waals surface area contributed by atoms with Crippen molar-refractivity contribution in [2.24, 2.45) is 5.84 Å². The van der Waals surface area contributed by atoms with Gasteiger partial charge in [0.05, 0.1) is 18.9 Å². The number of anilines is 1. The molecule has 0 saturated heterocycles. The van der Waals surface area contributed by atoms with Gasteiger partial charge in [-0.2, -0.15) is 0 Å². The van der Waals surface area contributed by atoms with Crippen molar-refractivity contribution in [2.75, 3.05) is 19.1 Å². The van der Waals surface area contributed by atoms with Crippen molar-refractivity contribution in [3.8, 4) is 0 Å². The predicted molar refractivity (Wildman–Crippen MR) is 70.4 cm³/mol. The van der Waals surface area contributed by atoms with Crippen LogP contribution in [0.15, 0.2) is 0 Å². The minimum Gasteiger partial charge on any atom is -0.376 e. The highest BCUT2D eigenvalue weighted by Crippen LogP contribution is 2.41. The summed E-state index contributed by atoms with van der Waals surface area (Å²) < 4.78 is 11.2. The summed E-state index contributed by atoms with van der Waals surface area (Å²) in [7, 11) is 1.74. The number of fused-ring (bicyclic) bond motifs is 1. The Kier molecular flexibility index (Phi) is 3.38. The summed E-state index contributed by atoms with van der Waals surface area (Å²) in [4.78, 5) is 9.31. The van der Waals surface area contributed by atoms with E-state index in [1.165, 1.54) is 0 Å². The van der Waals surface area contributed by atoms with Crippen LogP contribution in [0.25, 0.3) is 0 Å². The minimum absolute atomic E-state index is 0.334. The van der Waals surface area contributed by atoms with E-state index in [9.17, 15) is 0 Å². The lowest BCUT2D eigenvalue weighted by atomic mass is 10.00. The molecule has 0 amide bonds. The molecule has 2 heterocycles. The summed E-state index contributed by atoms with van der Waals surface area (Å²) in [5.41, 5.74) is 4.35. The number of methoxy groups -OCH3 is 1. The Balaban J connectivity index is 2.06. The van der Waals surface area contributed by atoms with E-state index in [4.69, 9.17) is 20.3 Å². The van der Waals surface area contributed by atoms with E-state index in [-0.39, 0.29) is 5.60 Å². The molecule has 0 unspecified atom stereocenters. The molecule has 1 aromatic heterocycles. The van der Waals surface area contributed by atoms with Gasteiger partial charge in [-0.3, -0.25) is 0 Å². The quantitative estimate of drug-likeness (QED) is 0.631. The third-order valence-electron chi connectivity index (χ3n) is 4.17. The fourth-order valence-corrected chi connectivity index (χ4v) is 3.02. The van der Waals surface area contributed by atoms with Crippen LogP contribution < -0.4 is 11.3 Å². The van der Waals surface area contributed by atoms with E-state index < -0.39 is 0 Å². The van der Waals surface area contributed by atoms with Crippen LogP contribution in [0, 0.1) is 0 Å². The molecule has 3 N–H and O–H groups in total. The highest BCUT2D eigenvalue weighted by atomic mass is 16.5. The van der Waals surface area contributed by atoms with Crippen LogP contribution in [0.1, 0.15) is 42.8 Å². The SMILES string of the molecule is COC1(c2nc3c(c(NN)n2)COCC3)CCCC1. The van der Waals surface area contributed by atoms with Crippen molar-refractivity contribution < 1.29 is 9.47 Å². The molecule has 0 atom stereocenters. The topological polar surface area (TPSA) is 82.3 Å². The maximum atomic E-state index is 5.75. The Bertz CT molecular complexity index is 455. The molecule has 6 nitrogen and oxygen atoms in total. The lowest BCUT2D eigenvalue weighted by Gasteiger charge is -2.28. The molecule has 104 valence electrons. The fourth-order valence-electron chi connectivity index (χ4n) is 3.02. The molecule has 1 aliphatic heterocycles. The normalized spacial score (nSPS) is 21.2. The lowest BCUT2D eigenvalue weighted by Crippen LogP contribution is -2.30. The second-order valence-corrected chi connectivity index (χ2v) is 5.17. The predicted octanol–water partition coefficient (Wildman–Crippen LogP) is 1.25. The van der Waals surface area contributed by atoms with Crippen LogP contribution in [-0.2, 0) is 28.1 Å². The number of nitrogen functional groups attached to an aromatic ring is 1. The van der Waals surface area contributed by atoms with E-state index in [2.05, 4.69) is 10.4 Å². The number of nitrogens with one attached hydrogen (secondary N) is 1. The van der Waals surface area contributed by atoms with Crippen molar-refractivity contribution in [1.29, 1.82) is 0 Å². The molecule has 2 aliphatic rings. The lowest BCUT2D eigenvalue weighted by molar-refractivity contribution is -0.0167. The maximum Gasteiger partial charge on any atom is 0.162 e. The summed E-state index contributed by atoms with van der Waals surface area (Å²) in [5.74, 6) is 7.02. The van der Waals surface area contributed by atoms with Crippen LogP contribution in [0.4, 0.5) is 5.82 Å². The average molecular weight is 264 g/mol. The molecule has 19 heavy (non-hydrogen) atoms. The van der Waals surface area contributed by atoms with Crippen LogP contribution in [-0.4, -0.2) is 23.7 Å². The average Bonchev–Trinajstić information content (AvgIpc) is 2.96. The summed E-state index contributed by atoms with van der Waals surface area (Å²) in [5, 5.41) is 0. The maximum absolute atomic E-state index is 5.75. The Morgan fingerprint density at radius 1 is 1.32 bits per heavy atom. The zero-order valence-corrected chi connectivity index (χ0v) is 11.2. The minimum atomic E-state index is -0.334. The van der Waals surface area contributed by atoms with Crippen LogP contribution in [0.5, 0.6) is 0 Å². The molecule has 1 aromatic rings. The van der Waals surface area contributed by atoms with Gasteiger partial charge in [0.2, 0.25) is 0 Å². The van der Waals surface area contributed by atoms with Gasteiger partial charge < -0.3 is 14.9 Å². The molecule has 0 spiro atoms. The monoisotopic (exact) mass is 264 g/mol. The highest BCUT2D eigenvalue weighted by Gasteiger charge is 2.39. The van der Waals surface area contributed by atoms with Gasteiger partial charge in [-0.25, -0.2) is 15.8 Å². The summed E-state index contributed by atoms with van der Waals surface area (Å²) in [6.45, 7) is 1.22. The number of hydrogen-bond donors (Lipinski definition) is 2. The number of hydrogen-bond acceptors (Lipinski definition) is 6. The molecule has 0 bridgehead atoms. The number of ether oxygens (including phenoxy) is 2. The van der Waals surface area contributed by atoms with Crippen molar-refractivity contribution in [2.45, 2.75) is 44.3 Å². The van der Waals surface area contributed by atoms with Crippen LogP contribution in [0.3, 0.4) is 0 Å². The first kappa shape index (κ1) is 12.8. The third-order valence-corrected chi connectivity index (χ3v) is 4.17. The molecule has 3 rings (SSSR count).